The standard InChI is InChI=1S/C12H17N3O3/c1-15-7-10(6-14-15)2-3-11(16)13-8-12(17)4-5-18-9-12/h2-3,6-7,17H,4-5,8-9H2,1H3,(H,13,16)/b3-2+. The molecule has 0 saturated carbocycles. The van der Waals surface area contributed by atoms with Crippen molar-refractivity contribution in [2.24, 2.45) is 7.05 Å². The molecule has 1 aromatic heterocycles. The van der Waals surface area contributed by atoms with Gasteiger partial charge in [0.15, 0.2) is 0 Å². The Labute approximate surface area is 105 Å². The molecule has 18 heavy (non-hydrogen) atoms. The van der Waals surface area contributed by atoms with Crippen LogP contribution in [-0.4, -0.2) is 46.2 Å². The molecule has 0 radical (unpaired) electrons. The molecule has 1 aliphatic heterocycles. The normalized spacial score (nSPS) is 23.7. The molecule has 0 aliphatic carbocycles. The molecule has 0 spiro atoms. The third-order valence-corrected chi connectivity index (χ3v) is 2.83. The van der Waals surface area contributed by atoms with E-state index in [4.69, 9.17) is 4.74 Å². The van der Waals surface area contributed by atoms with Gasteiger partial charge in [-0.3, -0.25) is 9.48 Å². The summed E-state index contributed by atoms with van der Waals surface area (Å²) in [5, 5.41) is 16.6. The van der Waals surface area contributed by atoms with Crippen LogP contribution >= 0.6 is 0 Å². The van der Waals surface area contributed by atoms with E-state index in [9.17, 15) is 9.90 Å². The number of hydrogen-bond donors (Lipinski definition) is 2. The van der Waals surface area contributed by atoms with E-state index in [1.54, 1.807) is 17.0 Å². The number of nitrogens with zero attached hydrogens (tertiary/aromatic N) is 2. The van der Waals surface area contributed by atoms with Crippen LogP contribution in [0.5, 0.6) is 0 Å². The van der Waals surface area contributed by atoms with E-state index in [-0.39, 0.29) is 19.1 Å². The summed E-state index contributed by atoms with van der Waals surface area (Å²) in [6.07, 6.45) is 7.14. The van der Waals surface area contributed by atoms with Crippen LogP contribution in [0, 0.1) is 0 Å². The summed E-state index contributed by atoms with van der Waals surface area (Å²) in [6, 6.07) is 0. The predicted octanol–water partition coefficient (Wildman–Crippen LogP) is -0.299. The maximum atomic E-state index is 11.5. The summed E-state index contributed by atoms with van der Waals surface area (Å²) in [5.74, 6) is -0.237. The molecule has 1 saturated heterocycles. The first-order valence-corrected chi connectivity index (χ1v) is 5.82. The zero-order chi connectivity index (χ0) is 13.0. The first-order chi connectivity index (χ1) is 8.57. The summed E-state index contributed by atoms with van der Waals surface area (Å²) in [4.78, 5) is 11.5. The van der Waals surface area contributed by atoms with E-state index >= 15 is 0 Å². The first kappa shape index (κ1) is 12.8. The molecule has 6 nitrogen and oxygen atoms in total. The largest absolute Gasteiger partial charge is 0.386 e. The van der Waals surface area contributed by atoms with Crippen molar-refractivity contribution in [2.45, 2.75) is 12.0 Å². The van der Waals surface area contributed by atoms with Crippen molar-refractivity contribution in [3.05, 3.63) is 24.0 Å². The number of amides is 1. The molecule has 0 aromatic carbocycles. The monoisotopic (exact) mass is 251 g/mol. The average Bonchev–Trinajstić information content (AvgIpc) is 2.94. The van der Waals surface area contributed by atoms with Crippen molar-refractivity contribution in [1.29, 1.82) is 0 Å². The van der Waals surface area contributed by atoms with Gasteiger partial charge in [0, 0.05) is 44.5 Å². The van der Waals surface area contributed by atoms with Gasteiger partial charge in [0.2, 0.25) is 5.91 Å². The molecule has 0 bridgehead atoms. The topological polar surface area (TPSA) is 76.4 Å². The molecule has 2 rings (SSSR count). The Hall–Kier alpha value is -1.66. The van der Waals surface area contributed by atoms with Crippen LogP contribution in [0.25, 0.3) is 6.08 Å². The van der Waals surface area contributed by atoms with E-state index < -0.39 is 5.60 Å². The van der Waals surface area contributed by atoms with Gasteiger partial charge in [-0.05, 0) is 6.08 Å². The van der Waals surface area contributed by atoms with E-state index in [2.05, 4.69) is 10.4 Å². The highest BCUT2D eigenvalue weighted by atomic mass is 16.5. The minimum Gasteiger partial charge on any atom is -0.386 e. The van der Waals surface area contributed by atoms with Gasteiger partial charge >= 0.3 is 0 Å². The first-order valence-electron chi connectivity index (χ1n) is 5.82. The minimum atomic E-state index is -0.919. The lowest BCUT2D eigenvalue weighted by atomic mass is 10.0. The van der Waals surface area contributed by atoms with Gasteiger partial charge in [0.05, 0.1) is 12.8 Å². The summed E-state index contributed by atoms with van der Waals surface area (Å²) < 4.78 is 6.76. The lowest BCUT2D eigenvalue weighted by Gasteiger charge is -2.19. The Bertz CT molecular complexity index is 447. The molecule has 2 N–H and O–H groups in total. The van der Waals surface area contributed by atoms with E-state index in [0.29, 0.717) is 13.0 Å². The maximum Gasteiger partial charge on any atom is 0.244 e. The highest BCUT2D eigenvalue weighted by Gasteiger charge is 2.32. The van der Waals surface area contributed by atoms with Gasteiger partial charge in [-0.25, -0.2) is 0 Å². The van der Waals surface area contributed by atoms with Crippen molar-refractivity contribution in [1.82, 2.24) is 15.1 Å². The molecule has 1 aromatic rings. The summed E-state index contributed by atoms with van der Waals surface area (Å²) in [7, 11) is 1.81. The smallest absolute Gasteiger partial charge is 0.244 e. The molecule has 1 aliphatic rings. The van der Waals surface area contributed by atoms with Crippen LogP contribution in [0.4, 0.5) is 0 Å². The Morgan fingerprint density at radius 1 is 1.78 bits per heavy atom. The minimum absolute atomic E-state index is 0.212. The second-order valence-electron chi connectivity index (χ2n) is 4.53. The van der Waals surface area contributed by atoms with Crippen LogP contribution in [-0.2, 0) is 16.6 Å². The second kappa shape index (κ2) is 5.32. The van der Waals surface area contributed by atoms with Crippen molar-refractivity contribution < 1.29 is 14.6 Å². The fraction of sp³-hybridized carbons (Fsp3) is 0.500. The maximum absolute atomic E-state index is 11.5. The fourth-order valence-corrected chi connectivity index (χ4v) is 1.74. The van der Waals surface area contributed by atoms with Crippen molar-refractivity contribution in [3.8, 4) is 0 Å². The number of carbonyl (C=O) groups excluding carboxylic acids is 1. The lowest BCUT2D eigenvalue weighted by Crippen LogP contribution is -2.42. The number of nitrogens with one attached hydrogen (secondary N) is 1. The van der Waals surface area contributed by atoms with Crippen molar-refractivity contribution in [3.63, 3.8) is 0 Å². The van der Waals surface area contributed by atoms with Crippen LogP contribution < -0.4 is 5.32 Å². The lowest BCUT2D eigenvalue weighted by molar-refractivity contribution is -0.117. The number of aliphatic hydroxyl groups is 1. The quantitative estimate of drug-likeness (QED) is 0.720. The zero-order valence-corrected chi connectivity index (χ0v) is 10.3. The third-order valence-electron chi connectivity index (χ3n) is 2.83. The second-order valence-corrected chi connectivity index (χ2v) is 4.53. The van der Waals surface area contributed by atoms with E-state index in [0.717, 1.165) is 5.56 Å². The number of carbonyl (C=O) groups is 1. The molecular formula is C12H17N3O3. The number of hydrogen-bond acceptors (Lipinski definition) is 4. The SMILES string of the molecule is Cn1cc(/C=C/C(=O)NCC2(O)CCOC2)cn1. The zero-order valence-electron chi connectivity index (χ0n) is 10.3. The molecule has 1 atom stereocenters. The number of aromatic nitrogens is 2. The Morgan fingerprint density at radius 2 is 2.61 bits per heavy atom. The number of rotatable bonds is 4. The van der Waals surface area contributed by atoms with Gasteiger partial charge in [-0.1, -0.05) is 0 Å². The van der Waals surface area contributed by atoms with Gasteiger partial charge < -0.3 is 15.2 Å². The van der Waals surface area contributed by atoms with Crippen LogP contribution in [0.15, 0.2) is 18.5 Å². The Kier molecular flexibility index (Phi) is 3.78. The molecule has 1 unspecified atom stereocenters. The van der Waals surface area contributed by atoms with E-state index in [1.165, 1.54) is 6.08 Å². The van der Waals surface area contributed by atoms with Crippen LogP contribution in [0.2, 0.25) is 0 Å². The third kappa shape index (κ3) is 3.41. The number of aryl methyl sites for hydroxylation is 1. The van der Waals surface area contributed by atoms with Gasteiger partial charge in [-0.2, -0.15) is 5.10 Å². The van der Waals surface area contributed by atoms with Crippen molar-refractivity contribution in [2.75, 3.05) is 19.8 Å². The van der Waals surface area contributed by atoms with Gasteiger partial charge in [0.25, 0.3) is 0 Å². The van der Waals surface area contributed by atoms with Gasteiger partial charge in [0.1, 0.15) is 5.60 Å². The van der Waals surface area contributed by atoms with Crippen LogP contribution in [0.3, 0.4) is 0 Å². The molecular weight excluding hydrogens is 234 g/mol. The van der Waals surface area contributed by atoms with E-state index in [1.807, 2.05) is 13.2 Å². The van der Waals surface area contributed by atoms with Crippen molar-refractivity contribution >= 4 is 12.0 Å². The average molecular weight is 251 g/mol. The predicted molar refractivity (Wildman–Crippen MR) is 65.6 cm³/mol. The summed E-state index contributed by atoms with van der Waals surface area (Å²) in [6.45, 7) is 1.03. The molecule has 1 fully saturated rings. The fourth-order valence-electron chi connectivity index (χ4n) is 1.74. The molecule has 6 heteroatoms. The summed E-state index contributed by atoms with van der Waals surface area (Å²) in [5.41, 5.74) is -0.0618. The molecule has 98 valence electrons. The highest BCUT2D eigenvalue weighted by Crippen LogP contribution is 2.16. The molecule has 2 heterocycles. The summed E-state index contributed by atoms with van der Waals surface area (Å²) >= 11 is 0. The van der Waals surface area contributed by atoms with Crippen LogP contribution in [0.1, 0.15) is 12.0 Å². The Morgan fingerprint density at radius 3 is 3.22 bits per heavy atom. The molecule has 1 amide bonds. The Balaban J connectivity index is 1.80. The highest BCUT2D eigenvalue weighted by molar-refractivity contribution is 5.91. The van der Waals surface area contributed by atoms with Gasteiger partial charge in [-0.15, -0.1) is 0 Å². The number of ether oxygens (including phenoxy) is 1.